The van der Waals surface area contributed by atoms with Crippen molar-refractivity contribution in [1.29, 1.82) is 0 Å². The molecule has 128 valence electrons. The van der Waals surface area contributed by atoms with Crippen molar-refractivity contribution in [3.05, 3.63) is 65.7 Å². The van der Waals surface area contributed by atoms with Gasteiger partial charge in [-0.25, -0.2) is 0 Å². The van der Waals surface area contributed by atoms with E-state index in [9.17, 15) is 13.5 Å². The van der Waals surface area contributed by atoms with Crippen LogP contribution in [-0.4, -0.2) is 19.6 Å². The van der Waals surface area contributed by atoms with Crippen LogP contribution in [0.25, 0.3) is 0 Å². The van der Waals surface area contributed by atoms with Crippen LogP contribution < -0.4 is 0 Å². The highest BCUT2D eigenvalue weighted by Crippen LogP contribution is 2.40. The molecule has 0 aliphatic heterocycles. The molecule has 4 nitrogen and oxygen atoms in total. The number of hydrogen-bond acceptors (Lipinski definition) is 4. The fourth-order valence-corrected chi connectivity index (χ4v) is 4.36. The van der Waals surface area contributed by atoms with Gasteiger partial charge in [0.1, 0.15) is 11.7 Å². The van der Waals surface area contributed by atoms with Crippen molar-refractivity contribution >= 4 is 10.1 Å². The van der Waals surface area contributed by atoms with E-state index in [2.05, 4.69) is 0 Å². The van der Waals surface area contributed by atoms with E-state index < -0.39 is 21.8 Å². The van der Waals surface area contributed by atoms with Crippen molar-refractivity contribution in [3.63, 3.8) is 0 Å². The highest BCUT2D eigenvalue weighted by molar-refractivity contribution is 7.86. The summed E-state index contributed by atoms with van der Waals surface area (Å²) in [5.74, 6) is 0. The van der Waals surface area contributed by atoms with Gasteiger partial charge < -0.3 is 5.11 Å². The Morgan fingerprint density at radius 3 is 2.38 bits per heavy atom. The Balaban J connectivity index is 1.90. The first-order valence-corrected chi connectivity index (χ1v) is 9.60. The molecule has 24 heavy (non-hydrogen) atoms. The molecule has 3 rings (SSSR count). The van der Waals surface area contributed by atoms with E-state index >= 15 is 0 Å². The molecule has 2 aromatic rings. The number of rotatable bonds is 4. The Morgan fingerprint density at radius 2 is 1.71 bits per heavy atom. The van der Waals surface area contributed by atoms with Crippen molar-refractivity contribution in [2.45, 2.75) is 49.2 Å². The molecule has 1 aliphatic rings. The molecule has 0 bridgehead atoms. The number of hydrogen-bond donors (Lipinski definition) is 1. The monoisotopic (exact) mass is 346 g/mol. The first-order chi connectivity index (χ1) is 11.4. The third-order valence-electron chi connectivity index (χ3n) is 4.63. The lowest BCUT2D eigenvalue weighted by Crippen LogP contribution is -2.44. The summed E-state index contributed by atoms with van der Waals surface area (Å²) in [6.45, 7) is 1.90. The minimum absolute atomic E-state index is 0.120. The molecule has 0 amide bonds. The smallest absolute Gasteiger partial charge is 0.297 e. The zero-order valence-corrected chi connectivity index (χ0v) is 14.5. The minimum Gasteiger partial charge on any atom is -0.382 e. The summed E-state index contributed by atoms with van der Waals surface area (Å²) in [7, 11) is -3.92. The van der Waals surface area contributed by atoms with Crippen LogP contribution in [0.2, 0.25) is 0 Å². The van der Waals surface area contributed by atoms with Gasteiger partial charge in [0, 0.05) is 0 Å². The second kappa shape index (κ2) is 6.67. The second-order valence-corrected chi connectivity index (χ2v) is 7.96. The molecule has 0 aromatic heterocycles. The van der Waals surface area contributed by atoms with Crippen molar-refractivity contribution in [2.75, 3.05) is 0 Å². The summed E-state index contributed by atoms with van der Waals surface area (Å²) in [5.41, 5.74) is 0.401. The molecule has 1 aliphatic carbocycles. The molecule has 0 saturated heterocycles. The number of aliphatic hydroxyl groups is 1. The van der Waals surface area contributed by atoms with Gasteiger partial charge in [0.05, 0.1) is 4.90 Å². The normalized spacial score (nSPS) is 24.7. The predicted octanol–water partition coefficient (Wildman–Crippen LogP) is 3.53. The molecule has 0 radical (unpaired) electrons. The van der Waals surface area contributed by atoms with Crippen molar-refractivity contribution in [3.8, 4) is 0 Å². The van der Waals surface area contributed by atoms with Crippen LogP contribution in [0.1, 0.15) is 36.8 Å². The Morgan fingerprint density at radius 1 is 1.04 bits per heavy atom. The van der Waals surface area contributed by atoms with Gasteiger partial charge in [-0.2, -0.15) is 8.42 Å². The van der Waals surface area contributed by atoms with Crippen LogP contribution in [0.4, 0.5) is 0 Å². The molecule has 0 spiro atoms. The summed E-state index contributed by atoms with van der Waals surface area (Å²) >= 11 is 0. The molecular weight excluding hydrogens is 324 g/mol. The standard InChI is InChI=1S/C19H22O4S/c1-15-10-12-17(13-11-15)24(21,22)23-18-9-5-6-14-19(18,20)16-7-3-2-4-8-16/h2-4,7-8,10-13,18,20H,5-6,9,14H2,1H3/t18-,19-/m1/s1. The number of aryl methyl sites for hydroxylation is 1. The molecule has 1 saturated carbocycles. The minimum atomic E-state index is -3.92. The average Bonchev–Trinajstić information content (AvgIpc) is 2.58. The van der Waals surface area contributed by atoms with Crippen molar-refractivity contribution < 1.29 is 17.7 Å². The maximum Gasteiger partial charge on any atom is 0.297 e. The fourth-order valence-electron chi connectivity index (χ4n) is 3.22. The topological polar surface area (TPSA) is 63.6 Å². The molecule has 0 unspecified atom stereocenters. The van der Waals surface area contributed by atoms with E-state index in [-0.39, 0.29) is 4.90 Å². The maximum atomic E-state index is 12.6. The predicted molar refractivity (Wildman–Crippen MR) is 92.0 cm³/mol. The molecule has 5 heteroatoms. The van der Waals surface area contributed by atoms with E-state index in [4.69, 9.17) is 4.18 Å². The fraction of sp³-hybridized carbons (Fsp3) is 0.368. The first-order valence-electron chi connectivity index (χ1n) is 8.20. The van der Waals surface area contributed by atoms with Gasteiger partial charge in [-0.15, -0.1) is 0 Å². The van der Waals surface area contributed by atoms with Crippen LogP contribution in [-0.2, 0) is 19.9 Å². The zero-order valence-electron chi connectivity index (χ0n) is 13.7. The highest BCUT2D eigenvalue weighted by atomic mass is 32.2. The SMILES string of the molecule is Cc1ccc(S(=O)(=O)O[C@@H]2CCCC[C@@]2(O)c2ccccc2)cc1. The quantitative estimate of drug-likeness (QED) is 0.860. The number of benzene rings is 2. The largest absolute Gasteiger partial charge is 0.382 e. The molecule has 2 aromatic carbocycles. The average molecular weight is 346 g/mol. The van der Waals surface area contributed by atoms with Crippen LogP contribution in [0.5, 0.6) is 0 Å². The van der Waals surface area contributed by atoms with Crippen LogP contribution in [0.3, 0.4) is 0 Å². The van der Waals surface area contributed by atoms with Crippen LogP contribution >= 0.6 is 0 Å². The first kappa shape index (κ1) is 17.1. The van der Waals surface area contributed by atoms with Crippen LogP contribution in [0.15, 0.2) is 59.5 Å². The van der Waals surface area contributed by atoms with Crippen molar-refractivity contribution in [2.24, 2.45) is 0 Å². The lowest BCUT2D eigenvalue weighted by Gasteiger charge is -2.39. The Bertz CT molecular complexity index is 784. The summed E-state index contributed by atoms with van der Waals surface area (Å²) in [5, 5.41) is 11.2. The molecular formula is C19H22O4S. The Hall–Kier alpha value is -1.69. The van der Waals surface area contributed by atoms with Gasteiger partial charge in [0.2, 0.25) is 0 Å². The van der Waals surface area contributed by atoms with E-state index in [0.717, 1.165) is 18.4 Å². The van der Waals surface area contributed by atoms with Crippen LogP contribution in [0, 0.1) is 6.92 Å². The summed E-state index contributed by atoms with van der Waals surface area (Å²) in [4.78, 5) is 0.120. The summed E-state index contributed by atoms with van der Waals surface area (Å²) in [6.07, 6.45) is 1.90. The van der Waals surface area contributed by atoms with Gasteiger partial charge in [-0.3, -0.25) is 4.18 Å². The van der Waals surface area contributed by atoms with Crippen molar-refractivity contribution in [1.82, 2.24) is 0 Å². The zero-order chi connectivity index (χ0) is 17.2. The van der Waals surface area contributed by atoms with E-state index in [0.29, 0.717) is 18.4 Å². The van der Waals surface area contributed by atoms with Gasteiger partial charge in [0.25, 0.3) is 10.1 Å². The van der Waals surface area contributed by atoms with Gasteiger partial charge in [-0.1, -0.05) is 60.9 Å². The lowest BCUT2D eigenvalue weighted by atomic mass is 9.77. The van der Waals surface area contributed by atoms with Gasteiger partial charge >= 0.3 is 0 Å². The molecule has 1 N–H and O–H groups in total. The molecule has 2 atom stereocenters. The third-order valence-corrected chi connectivity index (χ3v) is 5.97. The van der Waals surface area contributed by atoms with E-state index in [1.54, 1.807) is 12.1 Å². The maximum absolute atomic E-state index is 12.6. The van der Waals surface area contributed by atoms with Gasteiger partial charge in [0.15, 0.2) is 0 Å². The van der Waals surface area contributed by atoms with E-state index in [1.165, 1.54) is 12.1 Å². The Kier molecular flexibility index (Phi) is 4.76. The van der Waals surface area contributed by atoms with E-state index in [1.807, 2.05) is 37.3 Å². The summed E-state index contributed by atoms with van der Waals surface area (Å²) < 4.78 is 30.7. The highest BCUT2D eigenvalue weighted by Gasteiger charge is 2.43. The molecule has 0 heterocycles. The second-order valence-electron chi connectivity index (χ2n) is 6.39. The summed E-state index contributed by atoms with van der Waals surface area (Å²) in [6, 6.07) is 15.7. The lowest BCUT2D eigenvalue weighted by molar-refractivity contribution is -0.0910. The Labute approximate surface area is 143 Å². The van der Waals surface area contributed by atoms with Gasteiger partial charge in [-0.05, 0) is 37.5 Å². The third kappa shape index (κ3) is 3.38. The molecule has 1 fully saturated rings.